The Kier molecular flexibility index (Phi) is 2.02. The lowest BCUT2D eigenvalue weighted by atomic mass is 10.0. The van der Waals surface area contributed by atoms with Crippen molar-refractivity contribution in [3.63, 3.8) is 0 Å². The summed E-state index contributed by atoms with van der Waals surface area (Å²) in [6, 6.07) is 5.97. The van der Waals surface area contributed by atoms with Crippen LogP contribution in [0, 0.1) is 0 Å². The highest BCUT2D eigenvalue weighted by atomic mass is 16.1. The quantitative estimate of drug-likeness (QED) is 0.686. The summed E-state index contributed by atoms with van der Waals surface area (Å²) in [5.74, 6) is 0.0360. The van der Waals surface area contributed by atoms with Crippen molar-refractivity contribution in [3.05, 3.63) is 34.9 Å². The summed E-state index contributed by atoms with van der Waals surface area (Å²) in [7, 11) is 0. The van der Waals surface area contributed by atoms with Crippen molar-refractivity contribution < 1.29 is 4.79 Å². The number of carbonyl (C=O) groups is 1. The van der Waals surface area contributed by atoms with E-state index in [0.29, 0.717) is 13.1 Å². The van der Waals surface area contributed by atoms with E-state index in [-0.39, 0.29) is 5.91 Å². The molecule has 1 amide bonds. The van der Waals surface area contributed by atoms with Crippen LogP contribution in [-0.4, -0.2) is 12.5 Å². The molecule has 3 heteroatoms. The number of hydrogen-bond donors (Lipinski definition) is 2. The maximum absolute atomic E-state index is 11.3. The molecule has 3 N–H and O–H groups in total. The van der Waals surface area contributed by atoms with Gasteiger partial charge in [0.1, 0.15) is 0 Å². The van der Waals surface area contributed by atoms with Gasteiger partial charge in [0.25, 0.3) is 5.91 Å². The van der Waals surface area contributed by atoms with Crippen LogP contribution in [-0.2, 0) is 13.0 Å². The fourth-order valence-electron chi connectivity index (χ4n) is 1.58. The van der Waals surface area contributed by atoms with E-state index in [2.05, 4.69) is 5.32 Å². The third-order valence-corrected chi connectivity index (χ3v) is 2.29. The zero-order valence-corrected chi connectivity index (χ0v) is 7.34. The SMILES string of the molecule is NCCc1ccc2c(c1)C(=O)NC2. The molecule has 1 aromatic rings. The lowest BCUT2D eigenvalue weighted by molar-refractivity contribution is 0.0965. The van der Waals surface area contributed by atoms with Gasteiger partial charge in [-0.1, -0.05) is 12.1 Å². The Bertz CT molecular complexity index is 347. The molecule has 1 aliphatic rings. The summed E-state index contributed by atoms with van der Waals surface area (Å²) in [5.41, 5.74) is 8.48. The summed E-state index contributed by atoms with van der Waals surface area (Å²) in [6.45, 7) is 1.29. The maximum Gasteiger partial charge on any atom is 0.251 e. The molecule has 1 heterocycles. The molecule has 13 heavy (non-hydrogen) atoms. The van der Waals surface area contributed by atoms with Crippen LogP contribution in [0.5, 0.6) is 0 Å². The molecule has 0 saturated heterocycles. The van der Waals surface area contributed by atoms with Crippen LogP contribution >= 0.6 is 0 Å². The first-order chi connectivity index (χ1) is 6.31. The van der Waals surface area contributed by atoms with Gasteiger partial charge in [-0.15, -0.1) is 0 Å². The third kappa shape index (κ3) is 1.42. The Morgan fingerprint density at radius 1 is 1.46 bits per heavy atom. The molecule has 68 valence electrons. The molecule has 0 spiro atoms. The van der Waals surface area contributed by atoms with Crippen molar-refractivity contribution in [1.82, 2.24) is 5.32 Å². The van der Waals surface area contributed by atoms with Crippen LogP contribution in [0.2, 0.25) is 0 Å². The molecule has 0 aliphatic carbocycles. The average Bonchev–Trinajstić information content (AvgIpc) is 2.49. The minimum atomic E-state index is 0.0360. The van der Waals surface area contributed by atoms with E-state index in [1.165, 1.54) is 0 Å². The van der Waals surface area contributed by atoms with Crippen LogP contribution in [0.25, 0.3) is 0 Å². The Morgan fingerprint density at radius 2 is 2.31 bits per heavy atom. The Labute approximate surface area is 76.9 Å². The number of carbonyl (C=O) groups excluding carboxylic acids is 1. The summed E-state index contributed by atoms with van der Waals surface area (Å²) < 4.78 is 0. The zero-order chi connectivity index (χ0) is 9.26. The van der Waals surface area contributed by atoms with E-state index in [4.69, 9.17) is 5.73 Å². The highest BCUT2D eigenvalue weighted by molar-refractivity contribution is 5.98. The molecule has 0 fully saturated rings. The fraction of sp³-hybridized carbons (Fsp3) is 0.300. The van der Waals surface area contributed by atoms with Gasteiger partial charge < -0.3 is 11.1 Å². The Morgan fingerprint density at radius 3 is 3.08 bits per heavy atom. The largest absolute Gasteiger partial charge is 0.348 e. The van der Waals surface area contributed by atoms with Crippen LogP contribution in [0.15, 0.2) is 18.2 Å². The molecular formula is C10H12N2O. The first kappa shape index (κ1) is 8.26. The van der Waals surface area contributed by atoms with Crippen LogP contribution in [0.3, 0.4) is 0 Å². The van der Waals surface area contributed by atoms with Crippen LogP contribution < -0.4 is 11.1 Å². The minimum absolute atomic E-state index is 0.0360. The second-order valence-electron chi connectivity index (χ2n) is 3.21. The van der Waals surface area contributed by atoms with Crippen molar-refractivity contribution in [2.24, 2.45) is 5.73 Å². The van der Waals surface area contributed by atoms with E-state index in [0.717, 1.165) is 23.1 Å². The Hall–Kier alpha value is -1.35. The molecule has 2 rings (SSSR count). The van der Waals surface area contributed by atoms with Gasteiger partial charge in [-0.25, -0.2) is 0 Å². The highest BCUT2D eigenvalue weighted by Crippen LogP contribution is 2.17. The number of nitrogens with one attached hydrogen (secondary N) is 1. The van der Waals surface area contributed by atoms with E-state index in [1.54, 1.807) is 0 Å². The van der Waals surface area contributed by atoms with Gasteiger partial charge in [0.05, 0.1) is 0 Å². The third-order valence-electron chi connectivity index (χ3n) is 2.29. The smallest absolute Gasteiger partial charge is 0.251 e. The molecule has 0 radical (unpaired) electrons. The first-order valence-electron chi connectivity index (χ1n) is 4.41. The van der Waals surface area contributed by atoms with Crippen molar-refractivity contribution in [1.29, 1.82) is 0 Å². The molecular weight excluding hydrogens is 164 g/mol. The van der Waals surface area contributed by atoms with Gasteiger partial charge in [-0.3, -0.25) is 4.79 Å². The van der Waals surface area contributed by atoms with Gasteiger partial charge in [0.15, 0.2) is 0 Å². The predicted octanol–water partition coefficient (Wildman–Crippen LogP) is 0.431. The van der Waals surface area contributed by atoms with Gasteiger partial charge in [0.2, 0.25) is 0 Å². The topological polar surface area (TPSA) is 55.1 Å². The summed E-state index contributed by atoms with van der Waals surface area (Å²) in [6.07, 6.45) is 0.834. The van der Waals surface area contributed by atoms with Crippen molar-refractivity contribution in [3.8, 4) is 0 Å². The van der Waals surface area contributed by atoms with Gasteiger partial charge in [-0.05, 0) is 30.2 Å². The lowest BCUT2D eigenvalue weighted by Gasteiger charge is -2.00. The monoisotopic (exact) mass is 176 g/mol. The van der Waals surface area contributed by atoms with Crippen molar-refractivity contribution in [2.75, 3.05) is 6.54 Å². The standard InChI is InChI=1S/C10H12N2O/c11-4-3-7-1-2-8-6-12-10(13)9(8)5-7/h1-2,5H,3-4,6,11H2,(H,12,13). The zero-order valence-electron chi connectivity index (χ0n) is 7.34. The van der Waals surface area contributed by atoms with E-state index >= 15 is 0 Å². The van der Waals surface area contributed by atoms with E-state index in [1.807, 2.05) is 18.2 Å². The number of benzene rings is 1. The summed E-state index contributed by atoms with van der Waals surface area (Å²) >= 11 is 0. The van der Waals surface area contributed by atoms with Gasteiger partial charge in [-0.2, -0.15) is 0 Å². The maximum atomic E-state index is 11.3. The molecule has 3 nitrogen and oxygen atoms in total. The number of amides is 1. The molecule has 0 unspecified atom stereocenters. The predicted molar refractivity (Wildman–Crippen MR) is 50.4 cm³/mol. The number of fused-ring (bicyclic) bond motifs is 1. The highest BCUT2D eigenvalue weighted by Gasteiger charge is 2.18. The number of nitrogens with two attached hydrogens (primary N) is 1. The molecule has 1 aliphatic heterocycles. The second-order valence-corrected chi connectivity index (χ2v) is 3.21. The Balaban J connectivity index is 2.36. The molecule has 0 atom stereocenters. The number of rotatable bonds is 2. The van der Waals surface area contributed by atoms with Crippen molar-refractivity contribution >= 4 is 5.91 Å². The number of hydrogen-bond acceptors (Lipinski definition) is 2. The van der Waals surface area contributed by atoms with Gasteiger partial charge >= 0.3 is 0 Å². The van der Waals surface area contributed by atoms with Crippen molar-refractivity contribution in [2.45, 2.75) is 13.0 Å². The normalized spacial score (nSPS) is 14.1. The average molecular weight is 176 g/mol. The molecule has 0 saturated carbocycles. The second kappa shape index (κ2) is 3.18. The first-order valence-corrected chi connectivity index (χ1v) is 4.41. The van der Waals surface area contributed by atoms with E-state index < -0.39 is 0 Å². The van der Waals surface area contributed by atoms with Gasteiger partial charge in [0, 0.05) is 12.1 Å². The summed E-state index contributed by atoms with van der Waals surface area (Å²) in [5, 5.41) is 2.78. The fourth-order valence-corrected chi connectivity index (χ4v) is 1.58. The minimum Gasteiger partial charge on any atom is -0.348 e. The lowest BCUT2D eigenvalue weighted by Crippen LogP contribution is -2.12. The van der Waals surface area contributed by atoms with Crippen LogP contribution in [0.4, 0.5) is 0 Å². The molecule has 0 aromatic heterocycles. The molecule has 0 bridgehead atoms. The van der Waals surface area contributed by atoms with Crippen LogP contribution in [0.1, 0.15) is 21.5 Å². The van der Waals surface area contributed by atoms with E-state index in [9.17, 15) is 4.79 Å². The molecule has 1 aromatic carbocycles. The summed E-state index contributed by atoms with van der Waals surface area (Å²) in [4.78, 5) is 11.3.